The van der Waals surface area contributed by atoms with Crippen LogP contribution in [0, 0.1) is 0 Å². The molecule has 2 aromatic rings. The number of carbonyl (C=O) groups excluding carboxylic acids is 1. The highest BCUT2D eigenvalue weighted by Crippen LogP contribution is 2.10. The third-order valence-corrected chi connectivity index (χ3v) is 4.12. The van der Waals surface area contributed by atoms with Gasteiger partial charge in [0.05, 0.1) is 24.2 Å². The van der Waals surface area contributed by atoms with Crippen molar-refractivity contribution in [2.75, 3.05) is 39.4 Å². The first-order chi connectivity index (χ1) is 10.7. The molecule has 0 saturated carbocycles. The lowest BCUT2D eigenvalue weighted by Crippen LogP contribution is -3.14. The molecular weight excluding hydrogens is 350 g/mol. The SMILES string of the molecule is O=C(NCCC[NH+]1CCOCC1)c1cc2ncc(Br)cn2n1. The molecule has 2 N–H and O–H groups in total. The lowest BCUT2D eigenvalue weighted by Gasteiger charge is -2.23. The summed E-state index contributed by atoms with van der Waals surface area (Å²) < 4.78 is 7.75. The van der Waals surface area contributed by atoms with E-state index in [9.17, 15) is 4.79 Å². The van der Waals surface area contributed by atoms with Crippen LogP contribution in [0.25, 0.3) is 5.65 Å². The normalized spacial score (nSPS) is 16.0. The van der Waals surface area contributed by atoms with E-state index in [0.717, 1.165) is 43.7 Å². The van der Waals surface area contributed by atoms with Crippen molar-refractivity contribution in [3.63, 3.8) is 0 Å². The number of aromatic nitrogens is 3. The standard InChI is InChI=1S/C14H18BrN5O2/c15-11-9-17-13-8-12(18-20(13)10-11)14(21)16-2-1-3-19-4-6-22-7-5-19/h8-10H,1-7H2,(H,16,21)/p+1. The summed E-state index contributed by atoms with van der Waals surface area (Å²) in [6.07, 6.45) is 4.42. The van der Waals surface area contributed by atoms with Crippen molar-refractivity contribution in [1.82, 2.24) is 19.9 Å². The highest BCUT2D eigenvalue weighted by molar-refractivity contribution is 9.10. The van der Waals surface area contributed by atoms with Crippen molar-refractivity contribution in [3.05, 3.63) is 28.6 Å². The van der Waals surface area contributed by atoms with Crippen LogP contribution in [0.5, 0.6) is 0 Å². The van der Waals surface area contributed by atoms with Crippen LogP contribution in [0.4, 0.5) is 0 Å². The number of hydrogen-bond acceptors (Lipinski definition) is 4. The van der Waals surface area contributed by atoms with Crippen LogP contribution in [0.3, 0.4) is 0 Å². The maximum absolute atomic E-state index is 12.1. The van der Waals surface area contributed by atoms with E-state index in [4.69, 9.17) is 4.74 Å². The van der Waals surface area contributed by atoms with Gasteiger partial charge in [-0.25, -0.2) is 9.50 Å². The van der Waals surface area contributed by atoms with Gasteiger partial charge in [0.2, 0.25) is 0 Å². The van der Waals surface area contributed by atoms with Gasteiger partial charge in [-0.2, -0.15) is 5.10 Å². The lowest BCUT2D eigenvalue weighted by atomic mass is 10.3. The molecule has 2 aromatic heterocycles. The van der Waals surface area contributed by atoms with Gasteiger partial charge in [0.15, 0.2) is 11.3 Å². The average molecular weight is 369 g/mol. The summed E-state index contributed by atoms with van der Waals surface area (Å²) in [5.74, 6) is -0.154. The summed E-state index contributed by atoms with van der Waals surface area (Å²) in [6, 6.07) is 1.69. The Morgan fingerprint density at radius 2 is 2.27 bits per heavy atom. The van der Waals surface area contributed by atoms with Crippen molar-refractivity contribution >= 4 is 27.5 Å². The molecule has 7 nitrogen and oxygen atoms in total. The number of halogens is 1. The van der Waals surface area contributed by atoms with Gasteiger partial charge in [-0.15, -0.1) is 0 Å². The fourth-order valence-corrected chi connectivity index (χ4v) is 2.80. The van der Waals surface area contributed by atoms with E-state index >= 15 is 0 Å². The zero-order chi connectivity index (χ0) is 15.4. The Morgan fingerprint density at radius 3 is 3.09 bits per heavy atom. The van der Waals surface area contributed by atoms with Crippen LogP contribution in [-0.2, 0) is 4.74 Å². The van der Waals surface area contributed by atoms with Gasteiger partial charge < -0.3 is 15.0 Å². The number of rotatable bonds is 5. The predicted molar refractivity (Wildman–Crippen MR) is 84.0 cm³/mol. The summed E-state index contributed by atoms with van der Waals surface area (Å²) >= 11 is 3.33. The molecule has 3 heterocycles. The Hall–Kier alpha value is -1.51. The second-order valence-corrected chi connectivity index (χ2v) is 6.24. The Morgan fingerprint density at radius 1 is 1.45 bits per heavy atom. The fourth-order valence-electron chi connectivity index (χ4n) is 2.51. The zero-order valence-corrected chi connectivity index (χ0v) is 13.8. The monoisotopic (exact) mass is 368 g/mol. The Kier molecular flexibility index (Phi) is 5.01. The number of quaternary nitrogens is 1. The molecule has 1 saturated heterocycles. The highest BCUT2D eigenvalue weighted by Gasteiger charge is 2.14. The van der Waals surface area contributed by atoms with Crippen molar-refractivity contribution in [1.29, 1.82) is 0 Å². The van der Waals surface area contributed by atoms with E-state index in [-0.39, 0.29) is 5.91 Å². The van der Waals surface area contributed by atoms with Gasteiger partial charge in [0.1, 0.15) is 13.1 Å². The lowest BCUT2D eigenvalue weighted by molar-refractivity contribution is -0.908. The third kappa shape index (κ3) is 3.82. The van der Waals surface area contributed by atoms with Gasteiger partial charge in [-0.05, 0) is 15.9 Å². The Bertz CT molecular complexity index is 654. The molecule has 0 aromatic carbocycles. The topological polar surface area (TPSA) is 73.0 Å². The van der Waals surface area contributed by atoms with Gasteiger partial charge in [0.25, 0.3) is 5.91 Å². The molecule has 1 amide bonds. The number of morpholine rings is 1. The van der Waals surface area contributed by atoms with Gasteiger partial charge in [-0.1, -0.05) is 0 Å². The molecule has 1 fully saturated rings. The van der Waals surface area contributed by atoms with Crippen molar-refractivity contribution in [2.24, 2.45) is 0 Å². The minimum absolute atomic E-state index is 0.154. The molecular formula is C14H19BrN5O2+. The maximum Gasteiger partial charge on any atom is 0.271 e. The molecule has 1 aliphatic rings. The molecule has 1 aliphatic heterocycles. The smallest absolute Gasteiger partial charge is 0.271 e. The van der Waals surface area contributed by atoms with Crippen molar-refractivity contribution < 1.29 is 14.4 Å². The zero-order valence-electron chi connectivity index (χ0n) is 12.2. The quantitative estimate of drug-likeness (QED) is 0.699. The number of fused-ring (bicyclic) bond motifs is 1. The molecule has 0 atom stereocenters. The van der Waals surface area contributed by atoms with E-state index in [1.807, 2.05) is 0 Å². The van der Waals surface area contributed by atoms with Crippen LogP contribution in [-0.4, -0.2) is 59.9 Å². The molecule has 22 heavy (non-hydrogen) atoms. The first-order valence-electron chi connectivity index (χ1n) is 7.43. The minimum atomic E-state index is -0.154. The molecule has 8 heteroatoms. The Labute approximate surface area is 136 Å². The summed E-state index contributed by atoms with van der Waals surface area (Å²) in [6.45, 7) is 5.51. The van der Waals surface area contributed by atoms with Gasteiger partial charge in [-0.3, -0.25) is 4.79 Å². The van der Waals surface area contributed by atoms with Gasteiger partial charge in [0, 0.05) is 31.4 Å². The van der Waals surface area contributed by atoms with Crippen LogP contribution >= 0.6 is 15.9 Å². The number of hydrogen-bond donors (Lipinski definition) is 2. The largest absolute Gasteiger partial charge is 0.370 e. The molecule has 0 aliphatic carbocycles. The van der Waals surface area contributed by atoms with Crippen molar-refractivity contribution in [3.8, 4) is 0 Å². The number of amides is 1. The van der Waals surface area contributed by atoms with E-state index in [1.165, 1.54) is 0 Å². The summed E-state index contributed by atoms with van der Waals surface area (Å²) in [5.41, 5.74) is 1.05. The number of nitrogens with zero attached hydrogens (tertiary/aromatic N) is 3. The summed E-state index contributed by atoms with van der Waals surface area (Å²) in [7, 11) is 0. The highest BCUT2D eigenvalue weighted by atomic mass is 79.9. The van der Waals surface area contributed by atoms with Crippen molar-refractivity contribution in [2.45, 2.75) is 6.42 Å². The third-order valence-electron chi connectivity index (χ3n) is 3.71. The van der Waals surface area contributed by atoms with Gasteiger partial charge >= 0.3 is 0 Å². The van der Waals surface area contributed by atoms with E-state index in [2.05, 4.69) is 31.3 Å². The second kappa shape index (κ2) is 7.17. The maximum atomic E-state index is 12.1. The van der Waals surface area contributed by atoms with Crippen LogP contribution in [0.1, 0.15) is 16.9 Å². The summed E-state index contributed by atoms with van der Waals surface area (Å²) in [4.78, 5) is 17.8. The number of ether oxygens (including phenoxy) is 1. The predicted octanol–water partition coefficient (Wildman–Crippen LogP) is -0.473. The Balaban J connectivity index is 1.48. The minimum Gasteiger partial charge on any atom is -0.370 e. The van der Waals surface area contributed by atoms with E-state index in [1.54, 1.807) is 27.9 Å². The second-order valence-electron chi connectivity index (χ2n) is 5.33. The molecule has 3 rings (SSSR count). The molecule has 0 bridgehead atoms. The van der Waals surface area contributed by atoms with E-state index < -0.39 is 0 Å². The number of carbonyl (C=O) groups is 1. The first kappa shape index (κ1) is 15.4. The van der Waals surface area contributed by atoms with E-state index in [0.29, 0.717) is 17.9 Å². The van der Waals surface area contributed by atoms with Crippen LogP contribution in [0.15, 0.2) is 22.9 Å². The first-order valence-corrected chi connectivity index (χ1v) is 8.22. The van der Waals surface area contributed by atoms with Crippen LogP contribution < -0.4 is 10.2 Å². The molecule has 0 spiro atoms. The number of nitrogens with one attached hydrogen (secondary N) is 2. The molecule has 0 radical (unpaired) electrons. The fraction of sp³-hybridized carbons (Fsp3) is 0.500. The average Bonchev–Trinajstić information content (AvgIpc) is 2.95. The molecule has 0 unspecified atom stereocenters. The van der Waals surface area contributed by atoms with Crippen LogP contribution in [0.2, 0.25) is 0 Å². The molecule has 118 valence electrons. The summed E-state index contributed by atoms with van der Waals surface area (Å²) in [5, 5.41) is 7.15.